The molecule has 0 amide bonds. The molecule has 15 heavy (non-hydrogen) atoms. The van der Waals surface area contributed by atoms with E-state index >= 15 is 0 Å². The summed E-state index contributed by atoms with van der Waals surface area (Å²) in [7, 11) is 0. The molecule has 2 N–H and O–H groups in total. The third-order valence-electron chi connectivity index (χ3n) is 3.40. The van der Waals surface area contributed by atoms with E-state index in [0.717, 1.165) is 17.9 Å². The van der Waals surface area contributed by atoms with Gasteiger partial charge in [0.05, 0.1) is 0 Å². The maximum absolute atomic E-state index is 6.49. The van der Waals surface area contributed by atoms with Crippen LogP contribution in [0.1, 0.15) is 44.1 Å². The molecular formula is C13H18ClN. The second-order valence-corrected chi connectivity index (χ2v) is 5.02. The van der Waals surface area contributed by atoms with Gasteiger partial charge in [-0.15, -0.1) is 0 Å². The van der Waals surface area contributed by atoms with Gasteiger partial charge >= 0.3 is 0 Å². The molecule has 82 valence electrons. The van der Waals surface area contributed by atoms with Crippen LogP contribution < -0.4 is 5.73 Å². The molecule has 0 atom stereocenters. The van der Waals surface area contributed by atoms with Gasteiger partial charge in [-0.3, -0.25) is 0 Å². The lowest BCUT2D eigenvalue weighted by Gasteiger charge is -2.28. The summed E-state index contributed by atoms with van der Waals surface area (Å²) in [4.78, 5) is 0. The number of nitrogens with two attached hydrogens (primary N) is 1. The fourth-order valence-electron chi connectivity index (χ4n) is 2.45. The van der Waals surface area contributed by atoms with Crippen LogP contribution in [0.25, 0.3) is 0 Å². The van der Waals surface area contributed by atoms with Crippen LogP contribution in [0, 0.1) is 0 Å². The first-order chi connectivity index (χ1) is 7.21. The fourth-order valence-corrected chi connectivity index (χ4v) is 2.64. The van der Waals surface area contributed by atoms with Crippen molar-refractivity contribution in [3.05, 3.63) is 34.9 Å². The molecule has 1 aromatic carbocycles. The highest BCUT2D eigenvalue weighted by Crippen LogP contribution is 2.34. The molecule has 2 rings (SSSR count). The van der Waals surface area contributed by atoms with Gasteiger partial charge in [0.25, 0.3) is 0 Å². The van der Waals surface area contributed by atoms with Crippen LogP contribution in [0.5, 0.6) is 0 Å². The second kappa shape index (κ2) is 4.54. The summed E-state index contributed by atoms with van der Waals surface area (Å²) < 4.78 is 0. The molecule has 0 saturated heterocycles. The van der Waals surface area contributed by atoms with Crippen LogP contribution in [0.15, 0.2) is 24.3 Å². The van der Waals surface area contributed by atoms with Crippen LogP contribution in [0.2, 0.25) is 5.02 Å². The van der Waals surface area contributed by atoms with Gasteiger partial charge in [0.15, 0.2) is 0 Å². The molecule has 0 aromatic heterocycles. The van der Waals surface area contributed by atoms with Crippen molar-refractivity contribution in [3.8, 4) is 0 Å². The minimum atomic E-state index is -0.137. The maximum Gasteiger partial charge on any atom is 0.0410 e. The van der Waals surface area contributed by atoms with E-state index in [-0.39, 0.29) is 5.54 Å². The predicted molar refractivity (Wildman–Crippen MR) is 65.0 cm³/mol. The van der Waals surface area contributed by atoms with Crippen LogP contribution in [-0.4, -0.2) is 0 Å². The van der Waals surface area contributed by atoms with E-state index in [9.17, 15) is 0 Å². The van der Waals surface area contributed by atoms with Gasteiger partial charge in [-0.05, 0) is 30.5 Å². The van der Waals surface area contributed by atoms with E-state index in [1.807, 2.05) is 18.2 Å². The summed E-state index contributed by atoms with van der Waals surface area (Å²) >= 11 is 6.01. The lowest BCUT2D eigenvalue weighted by atomic mass is 9.84. The summed E-state index contributed by atoms with van der Waals surface area (Å²) in [6, 6.07) is 8.03. The highest BCUT2D eigenvalue weighted by molar-refractivity contribution is 6.30. The Morgan fingerprint density at radius 1 is 1.07 bits per heavy atom. The van der Waals surface area contributed by atoms with Gasteiger partial charge in [0.2, 0.25) is 0 Å². The Labute approximate surface area is 96.6 Å². The molecule has 2 heteroatoms. The van der Waals surface area contributed by atoms with Crippen molar-refractivity contribution in [1.82, 2.24) is 0 Å². The molecule has 1 nitrogen and oxygen atoms in total. The van der Waals surface area contributed by atoms with Crippen molar-refractivity contribution in [1.29, 1.82) is 0 Å². The highest BCUT2D eigenvalue weighted by atomic mass is 35.5. The Hall–Kier alpha value is -0.530. The van der Waals surface area contributed by atoms with Crippen molar-refractivity contribution in [2.75, 3.05) is 0 Å². The van der Waals surface area contributed by atoms with Crippen molar-refractivity contribution in [2.45, 2.75) is 44.1 Å². The number of rotatable bonds is 1. The van der Waals surface area contributed by atoms with E-state index in [1.165, 1.54) is 31.2 Å². The molecule has 0 bridgehead atoms. The zero-order valence-corrected chi connectivity index (χ0v) is 9.76. The van der Waals surface area contributed by atoms with Crippen molar-refractivity contribution in [3.63, 3.8) is 0 Å². The van der Waals surface area contributed by atoms with Crippen molar-refractivity contribution >= 4 is 11.6 Å². The predicted octanol–water partition coefficient (Wildman–Crippen LogP) is 3.85. The van der Waals surface area contributed by atoms with E-state index in [0.29, 0.717) is 0 Å². The normalized spacial score (nSPS) is 20.9. The Morgan fingerprint density at radius 3 is 2.33 bits per heavy atom. The first-order valence-corrected chi connectivity index (χ1v) is 6.13. The van der Waals surface area contributed by atoms with Gasteiger partial charge in [-0.1, -0.05) is 49.4 Å². The lowest BCUT2D eigenvalue weighted by molar-refractivity contribution is 0.385. The topological polar surface area (TPSA) is 26.0 Å². The number of hydrogen-bond donors (Lipinski definition) is 1. The van der Waals surface area contributed by atoms with Gasteiger partial charge in [-0.25, -0.2) is 0 Å². The Bertz CT molecular complexity index is 327. The molecular weight excluding hydrogens is 206 g/mol. The Balaban J connectivity index is 2.26. The smallest absolute Gasteiger partial charge is 0.0410 e. The van der Waals surface area contributed by atoms with E-state index in [1.54, 1.807) is 0 Å². The summed E-state index contributed by atoms with van der Waals surface area (Å²) in [6.45, 7) is 0. The highest BCUT2D eigenvalue weighted by Gasteiger charge is 2.28. The van der Waals surface area contributed by atoms with E-state index in [2.05, 4.69) is 6.07 Å². The van der Waals surface area contributed by atoms with Gasteiger partial charge in [0.1, 0.15) is 0 Å². The summed E-state index contributed by atoms with van der Waals surface area (Å²) in [5, 5.41) is 0.793. The first-order valence-electron chi connectivity index (χ1n) is 5.76. The van der Waals surface area contributed by atoms with Gasteiger partial charge in [-0.2, -0.15) is 0 Å². The standard InChI is InChI=1S/C13H18ClN/c14-12-7-5-6-11(10-12)13(15)8-3-1-2-4-9-13/h5-7,10H,1-4,8-9,15H2. The first kappa shape index (κ1) is 11.0. The fraction of sp³-hybridized carbons (Fsp3) is 0.538. The summed E-state index contributed by atoms with van der Waals surface area (Å²) in [5.41, 5.74) is 7.56. The van der Waals surface area contributed by atoms with Crippen LogP contribution in [0.4, 0.5) is 0 Å². The molecule has 1 fully saturated rings. The van der Waals surface area contributed by atoms with Gasteiger partial charge < -0.3 is 5.73 Å². The minimum absolute atomic E-state index is 0.137. The van der Waals surface area contributed by atoms with Gasteiger partial charge in [0, 0.05) is 10.6 Å². The lowest BCUT2D eigenvalue weighted by Crippen LogP contribution is -2.35. The monoisotopic (exact) mass is 223 g/mol. The van der Waals surface area contributed by atoms with Crippen molar-refractivity contribution in [2.24, 2.45) is 5.73 Å². The molecule has 1 aliphatic rings. The van der Waals surface area contributed by atoms with Crippen LogP contribution in [0.3, 0.4) is 0 Å². The Morgan fingerprint density at radius 2 is 1.73 bits per heavy atom. The van der Waals surface area contributed by atoms with Crippen molar-refractivity contribution < 1.29 is 0 Å². The number of halogens is 1. The quantitative estimate of drug-likeness (QED) is 0.720. The molecule has 0 radical (unpaired) electrons. The molecule has 0 spiro atoms. The molecule has 0 unspecified atom stereocenters. The molecule has 0 heterocycles. The number of hydrogen-bond acceptors (Lipinski definition) is 1. The SMILES string of the molecule is NC1(c2cccc(Cl)c2)CCCCCC1. The zero-order chi connectivity index (χ0) is 10.7. The second-order valence-electron chi connectivity index (χ2n) is 4.58. The van der Waals surface area contributed by atoms with Crippen LogP contribution >= 0.6 is 11.6 Å². The molecule has 1 aliphatic carbocycles. The molecule has 1 saturated carbocycles. The maximum atomic E-state index is 6.49. The average Bonchev–Trinajstić information content (AvgIpc) is 2.44. The summed E-state index contributed by atoms with van der Waals surface area (Å²) in [6.07, 6.45) is 7.30. The minimum Gasteiger partial charge on any atom is -0.321 e. The Kier molecular flexibility index (Phi) is 3.32. The third kappa shape index (κ3) is 2.53. The van der Waals surface area contributed by atoms with Crippen LogP contribution in [-0.2, 0) is 5.54 Å². The average molecular weight is 224 g/mol. The molecule has 0 aliphatic heterocycles. The third-order valence-corrected chi connectivity index (χ3v) is 3.63. The number of benzene rings is 1. The summed E-state index contributed by atoms with van der Waals surface area (Å²) in [5.74, 6) is 0. The zero-order valence-electron chi connectivity index (χ0n) is 9.01. The molecule has 1 aromatic rings. The van der Waals surface area contributed by atoms with E-state index < -0.39 is 0 Å². The van der Waals surface area contributed by atoms with E-state index in [4.69, 9.17) is 17.3 Å². The largest absolute Gasteiger partial charge is 0.321 e.